The van der Waals surface area contributed by atoms with Gasteiger partial charge in [-0.3, -0.25) is 9.59 Å². The van der Waals surface area contributed by atoms with Crippen LogP contribution in [0.4, 0.5) is 5.69 Å². The van der Waals surface area contributed by atoms with Gasteiger partial charge in [0.05, 0.1) is 16.6 Å². The Kier molecular flexibility index (Phi) is 4.21. The number of aryl methyl sites for hydroxylation is 3. The molecule has 31 heavy (non-hydrogen) atoms. The molecule has 2 aromatic carbocycles. The highest BCUT2D eigenvalue weighted by molar-refractivity contribution is 6.12. The second-order valence-corrected chi connectivity index (χ2v) is 7.39. The van der Waals surface area contributed by atoms with Crippen LogP contribution in [0.3, 0.4) is 0 Å². The summed E-state index contributed by atoms with van der Waals surface area (Å²) in [6.07, 6.45) is 1.37. The first-order valence-corrected chi connectivity index (χ1v) is 9.72. The number of nitrogens with zero attached hydrogens (tertiary/aromatic N) is 4. The highest BCUT2D eigenvalue weighted by atomic mass is 16.3. The molecule has 1 amide bonds. The van der Waals surface area contributed by atoms with E-state index < -0.39 is 5.91 Å². The predicted molar refractivity (Wildman–Crippen MR) is 118 cm³/mol. The summed E-state index contributed by atoms with van der Waals surface area (Å²) in [4.78, 5) is 34.2. The van der Waals surface area contributed by atoms with Crippen LogP contribution in [0.25, 0.3) is 33.5 Å². The van der Waals surface area contributed by atoms with Crippen molar-refractivity contribution in [2.24, 2.45) is 14.1 Å². The van der Waals surface area contributed by atoms with Crippen molar-refractivity contribution in [1.82, 2.24) is 19.1 Å². The molecule has 0 spiro atoms. The van der Waals surface area contributed by atoms with Crippen LogP contribution in [-0.4, -0.2) is 25.0 Å². The highest BCUT2D eigenvalue weighted by Gasteiger charge is 2.22. The molecule has 3 heterocycles. The summed E-state index contributed by atoms with van der Waals surface area (Å²) in [5.74, 6) is 0.766. The number of hydrogen-bond acceptors (Lipinski definition) is 5. The molecule has 5 aromatic rings. The van der Waals surface area contributed by atoms with E-state index in [2.05, 4.69) is 10.3 Å². The van der Waals surface area contributed by atoms with Crippen molar-refractivity contribution in [3.63, 3.8) is 0 Å². The van der Waals surface area contributed by atoms with Gasteiger partial charge in [-0.05, 0) is 43.3 Å². The minimum atomic E-state index is -0.420. The predicted octanol–water partition coefficient (Wildman–Crippen LogP) is 3.64. The first kappa shape index (κ1) is 18.8. The normalized spacial score (nSPS) is 11.3. The molecule has 0 aliphatic rings. The van der Waals surface area contributed by atoms with Crippen molar-refractivity contribution in [2.45, 2.75) is 6.92 Å². The molecule has 1 N–H and O–H groups in total. The summed E-state index contributed by atoms with van der Waals surface area (Å²) in [6, 6.07) is 15.4. The number of anilines is 1. The van der Waals surface area contributed by atoms with Crippen molar-refractivity contribution < 1.29 is 9.21 Å². The molecule has 154 valence electrons. The third kappa shape index (κ3) is 3.00. The third-order valence-corrected chi connectivity index (χ3v) is 5.36. The molecule has 0 aliphatic carbocycles. The number of rotatable bonds is 3. The van der Waals surface area contributed by atoms with E-state index in [9.17, 15) is 9.59 Å². The maximum Gasteiger partial charge on any atom is 0.265 e. The zero-order valence-corrected chi connectivity index (χ0v) is 17.2. The van der Waals surface area contributed by atoms with E-state index in [0.29, 0.717) is 11.4 Å². The molecule has 5 rings (SSSR count). The lowest BCUT2D eigenvalue weighted by Crippen LogP contribution is -2.20. The van der Waals surface area contributed by atoms with E-state index in [4.69, 9.17) is 9.40 Å². The van der Waals surface area contributed by atoms with E-state index in [1.807, 2.05) is 48.0 Å². The number of carbonyl (C=O) groups excluding carboxylic acids is 1. The van der Waals surface area contributed by atoms with Gasteiger partial charge in [0.25, 0.3) is 11.5 Å². The Labute approximate surface area is 176 Å². The smallest absolute Gasteiger partial charge is 0.265 e. The Bertz CT molecular complexity index is 1520. The zero-order chi connectivity index (χ0) is 21.7. The second kappa shape index (κ2) is 6.94. The molecule has 8 nitrogen and oxygen atoms in total. The lowest BCUT2D eigenvalue weighted by Gasteiger charge is -2.07. The van der Waals surface area contributed by atoms with Crippen LogP contribution >= 0.6 is 0 Å². The largest absolute Gasteiger partial charge is 0.442 e. The van der Waals surface area contributed by atoms with Crippen molar-refractivity contribution in [2.75, 3.05) is 5.32 Å². The van der Waals surface area contributed by atoms with Crippen LogP contribution in [-0.2, 0) is 14.1 Å². The number of nitrogens with one attached hydrogen (secondary N) is 1. The Morgan fingerprint density at radius 3 is 2.55 bits per heavy atom. The number of hydrogen-bond donors (Lipinski definition) is 1. The molecule has 0 bridgehead atoms. The van der Waals surface area contributed by atoms with Crippen molar-refractivity contribution in [3.05, 3.63) is 76.5 Å². The molecular weight excluding hydrogens is 394 g/mol. The first-order valence-electron chi connectivity index (χ1n) is 9.72. The number of aromatic nitrogens is 4. The molecule has 0 unspecified atom stereocenters. The average Bonchev–Trinajstić information content (AvgIpc) is 3.29. The number of carbonyl (C=O) groups is 1. The molecule has 0 atom stereocenters. The lowest BCUT2D eigenvalue weighted by atomic mass is 10.1. The Hall–Kier alpha value is -4.20. The molecule has 0 radical (unpaired) electrons. The number of fused-ring (bicyclic) bond motifs is 2. The molecule has 8 heteroatoms. The van der Waals surface area contributed by atoms with E-state index in [0.717, 1.165) is 22.4 Å². The summed E-state index contributed by atoms with van der Waals surface area (Å²) in [5, 5.41) is 3.02. The van der Waals surface area contributed by atoms with Crippen molar-refractivity contribution in [1.29, 1.82) is 0 Å². The highest BCUT2D eigenvalue weighted by Crippen LogP contribution is 2.26. The summed E-state index contributed by atoms with van der Waals surface area (Å²) in [5.41, 5.74) is 3.53. The van der Waals surface area contributed by atoms with Gasteiger partial charge >= 0.3 is 0 Å². The quantitative estimate of drug-likeness (QED) is 0.487. The SMILES string of the molecule is Cc1oc2ncn(C)c(=O)c2c1C(=O)Nc1ccc(-c2nc3ccccc3n2C)cc1. The van der Waals surface area contributed by atoms with Crippen molar-refractivity contribution >= 4 is 33.7 Å². The van der Waals surface area contributed by atoms with Gasteiger partial charge in [0.15, 0.2) is 0 Å². The van der Waals surface area contributed by atoms with Crippen LogP contribution in [0.2, 0.25) is 0 Å². The molecule has 0 saturated carbocycles. The third-order valence-electron chi connectivity index (χ3n) is 5.36. The molecule has 0 aliphatic heterocycles. The average molecular weight is 413 g/mol. The lowest BCUT2D eigenvalue weighted by molar-refractivity contribution is 0.102. The van der Waals surface area contributed by atoms with Gasteiger partial charge < -0.3 is 18.9 Å². The Morgan fingerprint density at radius 1 is 1.06 bits per heavy atom. The van der Waals surface area contributed by atoms with Crippen LogP contribution < -0.4 is 10.9 Å². The number of benzene rings is 2. The zero-order valence-electron chi connectivity index (χ0n) is 17.2. The summed E-state index contributed by atoms with van der Waals surface area (Å²) in [6.45, 7) is 1.64. The van der Waals surface area contributed by atoms with Gasteiger partial charge in [-0.15, -0.1) is 0 Å². The minimum absolute atomic E-state index is 0.156. The van der Waals surface area contributed by atoms with Gasteiger partial charge in [0, 0.05) is 25.3 Å². The summed E-state index contributed by atoms with van der Waals surface area (Å²) in [7, 11) is 3.56. The molecular formula is C23H19N5O3. The number of amides is 1. The maximum atomic E-state index is 12.9. The number of para-hydroxylation sites is 2. The van der Waals surface area contributed by atoms with E-state index in [1.165, 1.54) is 10.9 Å². The standard InChI is InChI=1S/C23H19N5O3/c1-13-18(19-22(31-13)24-12-27(2)23(19)30)21(29)25-15-10-8-14(9-11-15)20-26-16-6-4-5-7-17(16)28(20)3/h4-12H,1-3H3,(H,25,29). The number of imidazole rings is 1. The van der Waals surface area contributed by atoms with Crippen LogP contribution in [0.1, 0.15) is 16.1 Å². The molecule has 0 fully saturated rings. The topological polar surface area (TPSA) is 94.9 Å². The van der Waals surface area contributed by atoms with Gasteiger partial charge in [0.1, 0.15) is 23.3 Å². The number of furan rings is 1. The van der Waals surface area contributed by atoms with Crippen molar-refractivity contribution in [3.8, 4) is 11.4 Å². The maximum absolute atomic E-state index is 12.9. The summed E-state index contributed by atoms with van der Waals surface area (Å²) >= 11 is 0. The van der Waals surface area contributed by atoms with E-state index >= 15 is 0 Å². The van der Waals surface area contributed by atoms with Crippen LogP contribution in [0.15, 0.2) is 64.1 Å². The monoisotopic (exact) mass is 413 g/mol. The fourth-order valence-corrected chi connectivity index (χ4v) is 3.76. The van der Waals surface area contributed by atoms with Gasteiger partial charge in [0.2, 0.25) is 5.71 Å². The van der Waals surface area contributed by atoms with Gasteiger partial charge in [-0.2, -0.15) is 0 Å². The van der Waals surface area contributed by atoms with Gasteiger partial charge in [-0.25, -0.2) is 9.97 Å². The molecule has 3 aromatic heterocycles. The van der Waals surface area contributed by atoms with Gasteiger partial charge in [-0.1, -0.05) is 12.1 Å². The summed E-state index contributed by atoms with van der Waals surface area (Å²) < 4.78 is 8.87. The van der Waals surface area contributed by atoms with E-state index in [1.54, 1.807) is 26.1 Å². The fraction of sp³-hybridized carbons (Fsp3) is 0.130. The minimum Gasteiger partial charge on any atom is -0.442 e. The Morgan fingerprint density at radius 2 is 1.81 bits per heavy atom. The molecule has 0 saturated heterocycles. The fourth-order valence-electron chi connectivity index (χ4n) is 3.76. The first-order chi connectivity index (χ1) is 14.9. The van der Waals surface area contributed by atoms with E-state index in [-0.39, 0.29) is 22.2 Å². The van der Waals surface area contributed by atoms with Crippen LogP contribution in [0.5, 0.6) is 0 Å². The Balaban J connectivity index is 1.46. The van der Waals surface area contributed by atoms with Crippen LogP contribution in [0, 0.1) is 6.92 Å². The second-order valence-electron chi connectivity index (χ2n) is 7.39.